The SMILES string of the molecule is [CH2-]CCCCCC1OC(F)C(=O)N1c1ccc(C(O)CCCCCC)cc1.[Y]. The normalized spacial score (nSPS) is 20.3. The van der Waals surface area contributed by atoms with Gasteiger partial charge in [0.1, 0.15) is 6.23 Å². The van der Waals surface area contributed by atoms with E-state index < -0.39 is 24.6 Å². The molecule has 2 rings (SSSR count). The minimum absolute atomic E-state index is 0. The molecule has 3 unspecified atom stereocenters. The summed E-state index contributed by atoms with van der Waals surface area (Å²) in [7, 11) is 0. The van der Waals surface area contributed by atoms with Crippen LogP contribution in [0.15, 0.2) is 24.3 Å². The molecule has 0 aromatic heterocycles. The van der Waals surface area contributed by atoms with Gasteiger partial charge in [-0.3, -0.25) is 9.69 Å². The zero-order valence-corrected chi connectivity index (χ0v) is 19.8. The van der Waals surface area contributed by atoms with Gasteiger partial charge in [-0.2, -0.15) is 6.42 Å². The molecule has 0 bridgehead atoms. The summed E-state index contributed by atoms with van der Waals surface area (Å²) in [6, 6.07) is 7.18. The third-order valence-electron chi connectivity index (χ3n) is 5.08. The number of aliphatic hydroxyl groups is 1. The Hall–Kier alpha value is -0.356. The molecule has 1 fully saturated rings. The molecule has 1 aliphatic rings. The molecule has 6 heteroatoms. The number of amides is 1. The monoisotopic (exact) mass is 467 g/mol. The maximum atomic E-state index is 13.8. The van der Waals surface area contributed by atoms with E-state index in [9.17, 15) is 14.3 Å². The molecule has 1 aliphatic heterocycles. The molecule has 1 N–H and O–H groups in total. The molecule has 0 saturated carbocycles. The van der Waals surface area contributed by atoms with Crippen molar-refractivity contribution < 1.29 is 51.7 Å². The average Bonchev–Trinajstić information content (AvgIpc) is 2.96. The summed E-state index contributed by atoms with van der Waals surface area (Å²) in [6.45, 7) is 5.98. The number of nitrogens with zero attached hydrogens (tertiary/aromatic N) is 1. The number of carbonyl (C=O) groups excluding carboxylic acids is 1. The number of hydrogen-bond donors (Lipinski definition) is 1. The van der Waals surface area contributed by atoms with Crippen LogP contribution in [0.3, 0.4) is 0 Å². The third kappa shape index (κ3) is 7.48. The molecule has 0 aliphatic carbocycles. The van der Waals surface area contributed by atoms with Crippen molar-refractivity contribution in [1.82, 2.24) is 0 Å². The van der Waals surface area contributed by atoms with Crippen molar-refractivity contribution in [2.45, 2.75) is 89.8 Å². The number of aliphatic hydroxyl groups excluding tert-OH is 1. The van der Waals surface area contributed by atoms with Crippen LogP contribution in [-0.2, 0) is 42.2 Å². The van der Waals surface area contributed by atoms with Gasteiger partial charge in [0.25, 0.3) is 12.3 Å². The van der Waals surface area contributed by atoms with Crippen LogP contribution in [0, 0.1) is 6.92 Å². The third-order valence-corrected chi connectivity index (χ3v) is 5.08. The van der Waals surface area contributed by atoms with E-state index in [1.54, 1.807) is 12.1 Å². The second-order valence-electron chi connectivity index (χ2n) is 7.27. The van der Waals surface area contributed by atoms with Crippen LogP contribution < -0.4 is 4.90 Å². The maximum Gasteiger partial charge on any atom is 0.291 e. The molecule has 1 saturated heterocycles. The molecular formula is C22H33FNO3Y-. The molecule has 1 aromatic rings. The summed E-state index contributed by atoms with van der Waals surface area (Å²) >= 11 is 0. The number of rotatable bonds is 12. The van der Waals surface area contributed by atoms with Crippen molar-refractivity contribution in [2.24, 2.45) is 0 Å². The number of benzene rings is 1. The Morgan fingerprint density at radius 1 is 1.14 bits per heavy atom. The van der Waals surface area contributed by atoms with E-state index in [2.05, 4.69) is 13.8 Å². The Morgan fingerprint density at radius 2 is 1.82 bits per heavy atom. The smallest absolute Gasteiger partial charge is 0.291 e. The molecule has 1 amide bonds. The summed E-state index contributed by atoms with van der Waals surface area (Å²) in [5.41, 5.74) is 1.44. The first-order chi connectivity index (χ1) is 13.1. The Bertz CT molecular complexity index is 569. The van der Waals surface area contributed by atoms with Gasteiger partial charge in [-0.15, -0.1) is 0 Å². The fourth-order valence-electron chi connectivity index (χ4n) is 3.46. The quantitative estimate of drug-likeness (QED) is 0.328. The zero-order valence-electron chi connectivity index (χ0n) is 17.0. The van der Waals surface area contributed by atoms with Gasteiger partial charge in [0, 0.05) is 38.4 Å². The number of alkyl halides is 1. The Morgan fingerprint density at radius 3 is 2.46 bits per heavy atom. The molecule has 3 atom stereocenters. The van der Waals surface area contributed by atoms with Crippen LogP contribution in [0.5, 0.6) is 0 Å². The fraction of sp³-hybridized carbons (Fsp3) is 0.636. The van der Waals surface area contributed by atoms with E-state index in [0.717, 1.165) is 50.5 Å². The number of carbonyl (C=O) groups is 1. The molecule has 1 radical (unpaired) electrons. The van der Waals surface area contributed by atoms with Crippen molar-refractivity contribution in [1.29, 1.82) is 0 Å². The van der Waals surface area contributed by atoms with E-state index in [0.29, 0.717) is 12.1 Å². The van der Waals surface area contributed by atoms with E-state index in [1.165, 1.54) is 17.7 Å². The van der Waals surface area contributed by atoms with Gasteiger partial charge in [0.2, 0.25) is 0 Å². The molecule has 155 valence electrons. The molecule has 1 heterocycles. The Kier molecular flexibility index (Phi) is 12.6. The van der Waals surface area contributed by atoms with E-state index in [4.69, 9.17) is 4.74 Å². The van der Waals surface area contributed by atoms with Crippen LogP contribution in [0.25, 0.3) is 0 Å². The standard InChI is InChI=1S/C22H33FNO3.Y/c1-3-5-7-9-11-19(25)17-13-15-18(16-14-17)24-20(12-10-8-6-4-2)27-21(23)22(24)26;/h13-16,19-21,25H,2-12H2,1H3;/q-1;. The average molecular weight is 467 g/mol. The summed E-state index contributed by atoms with van der Waals surface area (Å²) in [5, 5.41) is 10.3. The summed E-state index contributed by atoms with van der Waals surface area (Å²) in [6.07, 6.45) is 6.59. The minimum Gasteiger partial charge on any atom is -0.388 e. The van der Waals surface area contributed by atoms with Gasteiger partial charge in [0.05, 0.1) is 6.10 Å². The van der Waals surface area contributed by atoms with Crippen LogP contribution in [0.1, 0.15) is 82.8 Å². The first kappa shape index (κ1) is 25.7. The Labute approximate surface area is 194 Å². The van der Waals surface area contributed by atoms with Crippen molar-refractivity contribution in [3.63, 3.8) is 0 Å². The minimum atomic E-state index is -1.90. The summed E-state index contributed by atoms with van der Waals surface area (Å²) in [5.74, 6) is -0.648. The predicted molar refractivity (Wildman–Crippen MR) is 106 cm³/mol. The summed E-state index contributed by atoms with van der Waals surface area (Å²) in [4.78, 5) is 13.6. The number of hydrogen-bond acceptors (Lipinski definition) is 3. The first-order valence-electron chi connectivity index (χ1n) is 10.3. The fourth-order valence-corrected chi connectivity index (χ4v) is 3.46. The number of anilines is 1. The van der Waals surface area contributed by atoms with Gasteiger partial charge >= 0.3 is 0 Å². The molecule has 4 nitrogen and oxygen atoms in total. The van der Waals surface area contributed by atoms with Crippen LogP contribution in [0.2, 0.25) is 0 Å². The number of halogens is 1. The van der Waals surface area contributed by atoms with Crippen molar-refractivity contribution in [3.05, 3.63) is 36.8 Å². The van der Waals surface area contributed by atoms with Crippen molar-refractivity contribution in [3.8, 4) is 0 Å². The largest absolute Gasteiger partial charge is 0.388 e. The second kappa shape index (κ2) is 13.8. The van der Waals surface area contributed by atoms with Gasteiger partial charge < -0.3 is 16.8 Å². The van der Waals surface area contributed by atoms with Crippen LogP contribution in [-0.4, -0.2) is 23.6 Å². The molecule has 1 aromatic carbocycles. The van der Waals surface area contributed by atoms with E-state index >= 15 is 0 Å². The molecule has 28 heavy (non-hydrogen) atoms. The number of unbranched alkanes of at least 4 members (excludes halogenated alkanes) is 6. The van der Waals surface area contributed by atoms with Gasteiger partial charge in [-0.1, -0.05) is 57.6 Å². The maximum absolute atomic E-state index is 13.8. The zero-order chi connectivity index (χ0) is 19.6. The van der Waals surface area contributed by atoms with Gasteiger partial charge in [0.15, 0.2) is 0 Å². The molecular weight excluding hydrogens is 434 g/mol. The van der Waals surface area contributed by atoms with Crippen molar-refractivity contribution in [2.75, 3.05) is 4.90 Å². The Balaban J connectivity index is 0.00000392. The first-order valence-corrected chi connectivity index (χ1v) is 10.3. The van der Waals surface area contributed by atoms with Gasteiger partial charge in [-0.05, 0) is 37.0 Å². The topological polar surface area (TPSA) is 49.8 Å². The van der Waals surface area contributed by atoms with Gasteiger partial charge in [-0.25, -0.2) is 4.39 Å². The number of ether oxygens (including phenoxy) is 1. The van der Waals surface area contributed by atoms with Crippen LogP contribution >= 0.6 is 0 Å². The summed E-state index contributed by atoms with van der Waals surface area (Å²) < 4.78 is 19.0. The van der Waals surface area contributed by atoms with E-state index in [1.807, 2.05) is 12.1 Å². The van der Waals surface area contributed by atoms with Crippen molar-refractivity contribution >= 4 is 11.6 Å². The molecule has 0 spiro atoms. The second-order valence-corrected chi connectivity index (χ2v) is 7.27. The predicted octanol–water partition coefficient (Wildman–Crippen LogP) is 5.46. The van der Waals surface area contributed by atoms with Crippen LogP contribution in [0.4, 0.5) is 10.1 Å². The van der Waals surface area contributed by atoms with E-state index in [-0.39, 0.29) is 32.7 Å².